The van der Waals surface area contributed by atoms with Gasteiger partial charge in [0.1, 0.15) is 0 Å². The molecule has 21 heavy (non-hydrogen) atoms. The van der Waals surface area contributed by atoms with Gasteiger partial charge in [-0.05, 0) is 36.4 Å². The monoisotopic (exact) mass is 302 g/mol. The largest absolute Gasteiger partial charge is 0.351 e. The van der Waals surface area contributed by atoms with Crippen LogP contribution in [0.25, 0.3) is 0 Å². The number of aromatic nitrogens is 1. The molecular formula is C16H22N4S. The van der Waals surface area contributed by atoms with Gasteiger partial charge in [-0.1, -0.05) is 12.1 Å². The van der Waals surface area contributed by atoms with E-state index < -0.39 is 0 Å². The van der Waals surface area contributed by atoms with Crippen molar-refractivity contribution < 1.29 is 0 Å². The van der Waals surface area contributed by atoms with E-state index in [1.807, 2.05) is 19.3 Å². The van der Waals surface area contributed by atoms with E-state index in [0.29, 0.717) is 6.54 Å². The number of nitrogens with zero attached hydrogens (tertiary/aromatic N) is 3. The van der Waals surface area contributed by atoms with E-state index in [4.69, 9.17) is 0 Å². The van der Waals surface area contributed by atoms with E-state index >= 15 is 0 Å². The lowest BCUT2D eigenvalue weighted by atomic mass is 10.2. The Balaban J connectivity index is 1.86. The van der Waals surface area contributed by atoms with Crippen LogP contribution in [0.4, 0.5) is 0 Å². The fraction of sp³-hybridized carbons (Fsp3) is 0.375. The molecule has 1 N–H and O–H groups in total. The second-order valence-electron chi connectivity index (χ2n) is 4.92. The highest BCUT2D eigenvalue weighted by molar-refractivity contribution is 7.09. The van der Waals surface area contributed by atoms with Crippen molar-refractivity contribution >= 4 is 17.3 Å². The number of aryl methyl sites for hydroxylation is 1. The van der Waals surface area contributed by atoms with Crippen molar-refractivity contribution in [1.82, 2.24) is 15.2 Å². The fourth-order valence-corrected chi connectivity index (χ4v) is 2.79. The van der Waals surface area contributed by atoms with Crippen LogP contribution in [-0.4, -0.2) is 36.5 Å². The molecule has 0 aliphatic carbocycles. The molecule has 0 saturated heterocycles. The number of hydrogen-bond donors (Lipinski definition) is 1. The second-order valence-corrected chi connectivity index (χ2v) is 5.95. The second kappa shape index (κ2) is 7.78. The van der Waals surface area contributed by atoms with Gasteiger partial charge in [-0.15, -0.1) is 11.3 Å². The lowest BCUT2D eigenvalue weighted by Gasteiger charge is -2.22. The van der Waals surface area contributed by atoms with Crippen LogP contribution >= 0.6 is 11.3 Å². The number of nitrogens with one attached hydrogen (secondary N) is 1. The standard InChI is InChI=1S/C16H22N4S/c1-13-6-4-9-18-15(13)12-19-16(17-2)20(3)10-8-14-7-5-11-21-14/h4-7,9,11H,8,10,12H2,1-3H3,(H,17,19). The summed E-state index contributed by atoms with van der Waals surface area (Å²) in [7, 11) is 3.88. The molecule has 2 heterocycles. The van der Waals surface area contributed by atoms with Crippen LogP contribution in [0.5, 0.6) is 0 Å². The molecule has 0 unspecified atom stereocenters. The van der Waals surface area contributed by atoms with Gasteiger partial charge in [-0.3, -0.25) is 9.98 Å². The first-order valence-corrected chi connectivity index (χ1v) is 7.93. The molecule has 112 valence electrons. The Labute approximate surface area is 130 Å². The maximum absolute atomic E-state index is 4.40. The van der Waals surface area contributed by atoms with Crippen LogP contribution in [0.3, 0.4) is 0 Å². The Bertz CT molecular complexity index is 578. The summed E-state index contributed by atoms with van der Waals surface area (Å²) in [6.45, 7) is 3.72. The molecule has 0 aliphatic rings. The fourth-order valence-electron chi connectivity index (χ4n) is 2.09. The molecule has 0 fully saturated rings. The average Bonchev–Trinajstić information content (AvgIpc) is 3.01. The highest BCUT2D eigenvalue weighted by Crippen LogP contribution is 2.09. The van der Waals surface area contributed by atoms with Crippen molar-refractivity contribution in [3.8, 4) is 0 Å². The molecule has 4 nitrogen and oxygen atoms in total. The Morgan fingerprint density at radius 1 is 1.38 bits per heavy atom. The first-order chi connectivity index (χ1) is 10.2. The Morgan fingerprint density at radius 2 is 2.24 bits per heavy atom. The summed E-state index contributed by atoms with van der Waals surface area (Å²) >= 11 is 1.80. The zero-order valence-electron chi connectivity index (χ0n) is 12.8. The quantitative estimate of drug-likeness (QED) is 0.682. The Morgan fingerprint density at radius 3 is 2.90 bits per heavy atom. The van der Waals surface area contributed by atoms with E-state index in [1.165, 1.54) is 10.4 Å². The van der Waals surface area contributed by atoms with Gasteiger partial charge in [0.25, 0.3) is 0 Å². The average molecular weight is 302 g/mol. The molecule has 2 aromatic heterocycles. The van der Waals surface area contributed by atoms with Gasteiger partial charge in [0.15, 0.2) is 5.96 Å². The predicted molar refractivity (Wildman–Crippen MR) is 89.8 cm³/mol. The summed E-state index contributed by atoms with van der Waals surface area (Å²) in [5.41, 5.74) is 2.26. The highest BCUT2D eigenvalue weighted by atomic mass is 32.1. The zero-order chi connectivity index (χ0) is 15.1. The predicted octanol–water partition coefficient (Wildman–Crippen LogP) is 2.70. The van der Waals surface area contributed by atoms with Crippen molar-refractivity contribution in [3.05, 3.63) is 52.0 Å². The molecule has 2 aromatic rings. The number of rotatable bonds is 5. The van der Waals surface area contributed by atoms with Crippen LogP contribution in [-0.2, 0) is 13.0 Å². The summed E-state index contributed by atoms with van der Waals surface area (Å²) in [6.07, 6.45) is 2.87. The van der Waals surface area contributed by atoms with E-state index in [2.05, 4.69) is 57.7 Å². The molecule has 0 aliphatic heterocycles. The summed E-state index contributed by atoms with van der Waals surface area (Å²) in [5, 5.41) is 5.49. The number of hydrogen-bond acceptors (Lipinski definition) is 3. The Kier molecular flexibility index (Phi) is 5.75. The number of guanidine groups is 1. The molecule has 0 bridgehead atoms. The lowest BCUT2D eigenvalue weighted by molar-refractivity contribution is 0.485. The highest BCUT2D eigenvalue weighted by Gasteiger charge is 2.07. The minimum Gasteiger partial charge on any atom is -0.351 e. The van der Waals surface area contributed by atoms with Gasteiger partial charge in [-0.2, -0.15) is 0 Å². The minimum absolute atomic E-state index is 0.697. The number of pyridine rings is 1. The molecular weight excluding hydrogens is 280 g/mol. The smallest absolute Gasteiger partial charge is 0.193 e. The van der Waals surface area contributed by atoms with Gasteiger partial charge in [0, 0.05) is 31.7 Å². The number of aliphatic imine (C=N–C) groups is 1. The van der Waals surface area contributed by atoms with Crippen molar-refractivity contribution in [2.24, 2.45) is 4.99 Å². The summed E-state index contributed by atoms with van der Waals surface area (Å²) in [5.74, 6) is 0.900. The van der Waals surface area contributed by atoms with E-state index in [1.54, 1.807) is 11.3 Å². The molecule has 0 aromatic carbocycles. The third-order valence-corrected chi connectivity index (χ3v) is 4.32. The van der Waals surface area contributed by atoms with Crippen molar-refractivity contribution in [2.75, 3.05) is 20.6 Å². The third-order valence-electron chi connectivity index (χ3n) is 3.38. The first kappa shape index (κ1) is 15.5. The number of thiophene rings is 1. The maximum atomic E-state index is 4.40. The maximum Gasteiger partial charge on any atom is 0.193 e. The van der Waals surface area contributed by atoms with Gasteiger partial charge in [0.05, 0.1) is 12.2 Å². The molecule has 0 amide bonds. The summed E-state index contributed by atoms with van der Waals surface area (Å²) in [4.78, 5) is 12.3. The minimum atomic E-state index is 0.697. The van der Waals surface area contributed by atoms with E-state index in [-0.39, 0.29) is 0 Å². The van der Waals surface area contributed by atoms with Crippen LogP contribution in [0.15, 0.2) is 40.8 Å². The number of likely N-dealkylation sites (N-methyl/N-ethyl adjacent to an activating group) is 1. The zero-order valence-corrected chi connectivity index (χ0v) is 13.7. The van der Waals surface area contributed by atoms with Gasteiger partial charge < -0.3 is 10.2 Å². The first-order valence-electron chi connectivity index (χ1n) is 7.05. The topological polar surface area (TPSA) is 40.5 Å². The normalized spacial score (nSPS) is 11.5. The Hall–Kier alpha value is -1.88. The molecule has 0 atom stereocenters. The van der Waals surface area contributed by atoms with E-state index in [0.717, 1.165) is 24.6 Å². The van der Waals surface area contributed by atoms with Crippen molar-refractivity contribution in [3.63, 3.8) is 0 Å². The van der Waals surface area contributed by atoms with Gasteiger partial charge in [-0.25, -0.2) is 0 Å². The van der Waals surface area contributed by atoms with Crippen LogP contribution < -0.4 is 5.32 Å². The lowest BCUT2D eigenvalue weighted by Crippen LogP contribution is -2.39. The molecule has 5 heteroatoms. The SMILES string of the molecule is CN=C(NCc1ncccc1C)N(C)CCc1cccs1. The molecule has 0 spiro atoms. The van der Waals surface area contributed by atoms with Crippen molar-refractivity contribution in [1.29, 1.82) is 0 Å². The van der Waals surface area contributed by atoms with E-state index in [9.17, 15) is 0 Å². The van der Waals surface area contributed by atoms with Crippen molar-refractivity contribution in [2.45, 2.75) is 19.9 Å². The van der Waals surface area contributed by atoms with Crippen LogP contribution in [0.2, 0.25) is 0 Å². The summed E-state index contributed by atoms with van der Waals surface area (Å²) in [6, 6.07) is 8.30. The van der Waals surface area contributed by atoms with Gasteiger partial charge >= 0.3 is 0 Å². The van der Waals surface area contributed by atoms with Crippen LogP contribution in [0.1, 0.15) is 16.1 Å². The summed E-state index contributed by atoms with van der Waals surface area (Å²) < 4.78 is 0. The molecule has 2 rings (SSSR count). The third kappa shape index (κ3) is 4.56. The molecule has 0 saturated carbocycles. The van der Waals surface area contributed by atoms with Gasteiger partial charge in [0.2, 0.25) is 0 Å². The molecule has 0 radical (unpaired) electrons. The van der Waals surface area contributed by atoms with Crippen LogP contribution in [0, 0.1) is 6.92 Å².